The summed E-state index contributed by atoms with van der Waals surface area (Å²) in [5.74, 6) is 1.31. The van der Waals surface area contributed by atoms with Crippen molar-refractivity contribution < 1.29 is 4.74 Å². The van der Waals surface area contributed by atoms with Crippen molar-refractivity contribution in [2.75, 3.05) is 0 Å². The van der Waals surface area contributed by atoms with Crippen molar-refractivity contribution >= 4 is 23.2 Å². The Morgan fingerprint density at radius 2 is 1.81 bits per heavy atom. The molecule has 0 aliphatic rings. The molecule has 0 fully saturated rings. The third-order valence-corrected chi connectivity index (χ3v) is 2.64. The average Bonchev–Trinajstić information content (AvgIpc) is 2.22. The summed E-state index contributed by atoms with van der Waals surface area (Å²) in [4.78, 5) is 0. The number of hydrogen-bond acceptors (Lipinski definition) is 1. The number of ether oxygens (including phenoxy) is 1. The standard InChI is InChI=1S/C13H10Cl2O/c1-9-5-6-13(12(15)7-9)16-11-4-2-3-10(14)8-11/h2-8H,1H3. The summed E-state index contributed by atoms with van der Waals surface area (Å²) in [6.07, 6.45) is 0. The van der Waals surface area contributed by atoms with Gasteiger partial charge < -0.3 is 4.74 Å². The van der Waals surface area contributed by atoms with Gasteiger partial charge in [0.25, 0.3) is 0 Å². The molecule has 0 aromatic heterocycles. The van der Waals surface area contributed by atoms with Gasteiger partial charge in [0.2, 0.25) is 0 Å². The van der Waals surface area contributed by atoms with E-state index in [1.807, 2.05) is 37.3 Å². The normalized spacial score (nSPS) is 10.2. The highest BCUT2D eigenvalue weighted by Gasteiger charge is 2.03. The maximum Gasteiger partial charge on any atom is 0.146 e. The first-order valence-electron chi connectivity index (χ1n) is 4.85. The maximum atomic E-state index is 6.06. The van der Waals surface area contributed by atoms with Crippen molar-refractivity contribution in [2.24, 2.45) is 0 Å². The topological polar surface area (TPSA) is 9.23 Å². The van der Waals surface area contributed by atoms with Gasteiger partial charge in [-0.25, -0.2) is 0 Å². The van der Waals surface area contributed by atoms with Crippen LogP contribution in [0.1, 0.15) is 5.56 Å². The first-order chi connectivity index (χ1) is 7.65. The lowest BCUT2D eigenvalue weighted by atomic mass is 10.2. The van der Waals surface area contributed by atoms with Gasteiger partial charge in [0.1, 0.15) is 11.5 Å². The predicted molar refractivity (Wildman–Crippen MR) is 67.7 cm³/mol. The molecule has 0 saturated carbocycles. The molecule has 0 N–H and O–H groups in total. The van der Waals surface area contributed by atoms with Crippen molar-refractivity contribution in [1.29, 1.82) is 0 Å². The lowest BCUT2D eigenvalue weighted by Crippen LogP contribution is -1.85. The van der Waals surface area contributed by atoms with Gasteiger partial charge in [0.05, 0.1) is 5.02 Å². The lowest BCUT2D eigenvalue weighted by molar-refractivity contribution is 0.483. The summed E-state index contributed by atoms with van der Waals surface area (Å²) in [5, 5.41) is 1.24. The number of aryl methyl sites for hydroxylation is 1. The van der Waals surface area contributed by atoms with E-state index >= 15 is 0 Å². The molecule has 82 valence electrons. The van der Waals surface area contributed by atoms with E-state index in [4.69, 9.17) is 27.9 Å². The Bertz CT molecular complexity index is 509. The Morgan fingerprint density at radius 1 is 1.00 bits per heavy atom. The number of benzene rings is 2. The van der Waals surface area contributed by atoms with Crippen LogP contribution in [0.2, 0.25) is 10.0 Å². The molecule has 3 heteroatoms. The molecule has 0 aliphatic carbocycles. The van der Waals surface area contributed by atoms with Crippen LogP contribution in [-0.4, -0.2) is 0 Å². The Kier molecular flexibility index (Phi) is 3.37. The third kappa shape index (κ3) is 2.69. The van der Waals surface area contributed by atoms with Crippen LogP contribution in [0.25, 0.3) is 0 Å². The minimum absolute atomic E-state index is 0.597. The van der Waals surface area contributed by atoms with Gasteiger partial charge in [-0.1, -0.05) is 35.3 Å². The molecule has 0 amide bonds. The van der Waals surface area contributed by atoms with Crippen LogP contribution in [0.5, 0.6) is 11.5 Å². The molecule has 0 saturated heterocycles. The smallest absolute Gasteiger partial charge is 0.146 e. The molecular formula is C13H10Cl2O. The van der Waals surface area contributed by atoms with Crippen LogP contribution < -0.4 is 4.74 Å². The molecule has 0 spiro atoms. The molecule has 2 rings (SSSR count). The molecule has 2 aromatic carbocycles. The third-order valence-electron chi connectivity index (χ3n) is 2.11. The van der Waals surface area contributed by atoms with Crippen molar-refractivity contribution in [3.63, 3.8) is 0 Å². The van der Waals surface area contributed by atoms with Crippen LogP contribution in [0, 0.1) is 6.92 Å². The Morgan fingerprint density at radius 3 is 2.50 bits per heavy atom. The SMILES string of the molecule is Cc1ccc(Oc2cccc(Cl)c2)c(Cl)c1. The monoisotopic (exact) mass is 252 g/mol. The van der Waals surface area contributed by atoms with Gasteiger partial charge >= 0.3 is 0 Å². The zero-order valence-corrected chi connectivity index (χ0v) is 10.2. The molecule has 0 heterocycles. The number of hydrogen-bond donors (Lipinski definition) is 0. The van der Waals surface area contributed by atoms with Gasteiger partial charge in [0, 0.05) is 5.02 Å². The summed E-state index contributed by atoms with van der Waals surface area (Å²) < 4.78 is 5.63. The van der Waals surface area contributed by atoms with Gasteiger partial charge in [-0.3, -0.25) is 0 Å². The summed E-state index contributed by atoms with van der Waals surface area (Å²) in [6, 6.07) is 12.9. The Hall–Kier alpha value is -1.18. The highest BCUT2D eigenvalue weighted by molar-refractivity contribution is 6.32. The maximum absolute atomic E-state index is 6.06. The second kappa shape index (κ2) is 4.77. The fourth-order valence-corrected chi connectivity index (χ4v) is 1.80. The van der Waals surface area contributed by atoms with Gasteiger partial charge in [-0.15, -0.1) is 0 Å². The summed E-state index contributed by atoms with van der Waals surface area (Å²) >= 11 is 11.9. The summed E-state index contributed by atoms with van der Waals surface area (Å²) in [7, 11) is 0. The largest absolute Gasteiger partial charge is 0.456 e. The Balaban J connectivity index is 2.27. The zero-order chi connectivity index (χ0) is 11.5. The van der Waals surface area contributed by atoms with Crippen molar-refractivity contribution in [2.45, 2.75) is 6.92 Å². The van der Waals surface area contributed by atoms with Crippen LogP contribution in [-0.2, 0) is 0 Å². The van der Waals surface area contributed by atoms with Crippen molar-refractivity contribution in [1.82, 2.24) is 0 Å². The first kappa shape index (κ1) is 11.3. The van der Waals surface area contributed by atoms with Crippen LogP contribution in [0.3, 0.4) is 0 Å². The van der Waals surface area contributed by atoms with E-state index in [1.165, 1.54) is 0 Å². The van der Waals surface area contributed by atoms with Gasteiger partial charge in [0.15, 0.2) is 0 Å². The molecule has 0 atom stereocenters. The van der Waals surface area contributed by atoms with Gasteiger partial charge in [-0.05, 0) is 42.8 Å². The zero-order valence-electron chi connectivity index (χ0n) is 8.71. The summed E-state index contributed by atoms with van der Waals surface area (Å²) in [6.45, 7) is 1.98. The lowest BCUT2D eigenvalue weighted by Gasteiger charge is -2.08. The minimum atomic E-state index is 0.597. The molecule has 2 aromatic rings. The van der Waals surface area contributed by atoms with E-state index in [0.29, 0.717) is 21.5 Å². The molecule has 0 bridgehead atoms. The van der Waals surface area contributed by atoms with Crippen LogP contribution in [0.15, 0.2) is 42.5 Å². The van der Waals surface area contributed by atoms with E-state index in [-0.39, 0.29) is 0 Å². The fraction of sp³-hybridized carbons (Fsp3) is 0.0769. The fourth-order valence-electron chi connectivity index (χ4n) is 1.35. The van der Waals surface area contributed by atoms with Crippen molar-refractivity contribution in [3.8, 4) is 11.5 Å². The average molecular weight is 253 g/mol. The molecule has 0 radical (unpaired) electrons. The quantitative estimate of drug-likeness (QED) is 0.723. The second-order valence-corrected chi connectivity index (χ2v) is 4.34. The second-order valence-electron chi connectivity index (χ2n) is 3.49. The predicted octanol–water partition coefficient (Wildman–Crippen LogP) is 5.09. The van der Waals surface area contributed by atoms with E-state index in [9.17, 15) is 0 Å². The van der Waals surface area contributed by atoms with E-state index in [0.717, 1.165) is 5.56 Å². The summed E-state index contributed by atoms with van der Waals surface area (Å²) in [5.41, 5.74) is 1.10. The molecule has 16 heavy (non-hydrogen) atoms. The molecule has 1 nitrogen and oxygen atoms in total. The number of halogens is 2. The van der Waals surface area contributed by atoms with E-state index in [1.54, 1.807) is 12.1 Å². The molecule has 0 aliphatic heterocycles. The minimum Gasteiger partial charge on any atom is -0.456 e. The van der Waals surface area contributed by atoms with E-state index < -0.39 is 0 Å². The van der Waals surface area contributed by atoms with Crippen molar-refractivity contribution in [3.05, 3.63) is 58.1 Å². The van der Waals surface area contributed by atoms with Crippen LogP contribution in [0.4, 0.5) is 0 Å². The van der Waals surface area contributed by atoms with Crippen LogP contribution >= 0.6 is 23.2 Å². The van der Waals surface area contributed by atoms with Gasteiger partial charge in [-0.2, -0.15) is 0 Å². The molecule has 0 unspecified atom stereocenters. The highest BCUT2D eigenvalue weighted by atomic mass is 35.5. The molecular weight excluding hydrogens is 243 g/mol. The first-order valence-corrected chi connectivity index (χ1v) is 5.60. The number of rotatable bonds is 2. The van der Waals surface area contributed by atoms with E-state index in [2.05, 4.69) is 0 Å². The highest BCUT2D eigenvalue weighted by Crippen LogP contribution is 2.30. The Labute approximate surface area is 105 Å².